The number of nitrogens with zero attached hydrogens (tertiary/aromatic N) is 1. The van der Waals surface area contributed by atoms with Crippen molar-refractivity contribution in [3.05, 3.63) is 64.2 Å². The summed E-state index contributed by atoms with van der Waals surface area (Å²) >= 11 is 6.14. The maximum absolute atomic E-state index is 12.9. The van der Waals surface area contributed by atoms with E-state index in [1.807, 2.05) is 43.3 Å². The Labute approximate surface area is 173 Å². The molecule has 2 atom stereocenters. The summed E-state index contributed by atoms with van der Waals surface area (Å²) in [5, 5.41) is 6.11. The lowest BCUT2D eigenvalue weighted by atomic mass is 9.87. The van der Waals surface area contributed by atoms with Crippen LogP contribution in [-0.4, -0.2) is 33.1 Å². The standard InChI is InChI=1S/C21H23ClF3N3O/c1-28(2)15-6-3-13(4-7-15)10-27-20(29)18-12-26-11-17(18)16-8-5-14(9-19(16)22)21(23,24)25/h3-9,17-18,26H,10-12H2,1-2H3,(H,27,29)/t17-,18+/m0/s1. The number of nitrogens with one attached hydrogen (secondary N) is 2. The second-order valence-electron chi connectivity index (χ2n) is 7.38. The number of amides is 1. The van der Waals surface area contributed by atoms with Crippen LogP contribution in [0.1, 0.15) is 22.6 Å². The molecule has 0 aromatic heterocycles. The number of carbonyl (C=O) groups excluding carboxylic acids is 1. The van der Waals surface area contributed by atoms with Crippen LogP contribution < -0.4 is 15.5 Å². The number of carbonyl (C=O) groups is 1. The molecule has 1 fully saturated rings. The van der Waals surface area contributed by atoms with Crippen LogP contribution in [0.2, 0.25) is 5.02 Å². The van der Waals surface area contributed by atoms with Gasteiger partial charge < -0.3 is 15.5 Å². The molecular weight excluding hydrogens is 403 g/mol. The number of benzene rings is 2. The maximum atomic E-state index is 12.9. The van der Waals surface area contributed by atoms with Crippen molar-refractivity contribution >= 4 is 23.2 Å². The normalized spacial score (nSPS) is 19.2. The van der Waals surface area contributed by atoms with Gasteiger partial charge in [-0.05, 0) is 35.4 Å². The van der Waals surface area contributed by atoms with E-state index in [1.54, 1.807) is 0 Å². The Morgan fingerprint density at radius 1 is 1.17 bits per heavy atom. The molecule has 0 spiro atoms. The lowest BCUT2D eigenvalue weighted by Gasteiger charge is -2.20. The first-order valence-electron chi connectivity index (χ1n) is 9.28. The number of rotatable bonds is 5. The summed E-state index contributed by atoms with van der Waals surface area (Å²) in [6, 6.07) is 11.2. The van der Waals surface area contributed by atoms with Crippen LogP contribution >= 0.6 is 11.6 Å². The predicted octanol–water partition coefficient (Wildman–Crippen LogP) is 4.04. The Hall–Kier alpha value is -2.25. The van der Waals surface area contributed by atoms with Gasteiger partial charge in [-0.1, -0.05) is 29.8 Å². The van der Waals surface area contributed by atoms with Gasteiger partial charge in [0.2, 0.25) is 5.91 Å². The van der Waals surface area contributed by atoms with E-state index in [9.17, 15) is 18.0 Å². The molecular formula is C21H23ClF3N3O. The summed E-state index contributed by atoms with van der Waals surface area (Å²) in [6.07, 6.45) is -4.45. The smallest absolute Gasteiger partial charge is 0.378 e. The SMILES string of the molecule is CN(C)c1ccc(CNC(=O)[C@@H]2CNC[C@H]2c2ccc(C(F)(F)F)cc2Cl)cc1. The molecule has 1 heterocycles. The minimum absolute atomic E-state index is 0.0330. The third-order valence-electron chi connectivity index (χ3n) is 5.20. The van der Waals surface area contributed by atoms with E-state index in [0.29, 0.717) is 25.2 Å². The monoisotopic (exact) mass is 425 g/mol. The molecule has 0 radical (unpaired) electrons. The molecule has 29 heavy (non-hydrogen) atoms. The molecule has 2 aromatic rings. The van der Waals surface area contributed by atoms with Crippen LogP contribution in [0.4, 0.5) is 18.9 Å². The van der Waals surface area contributed by atoms with Crippen molar-refractivity contribution in [3.63, 3.8) is 0 Å². The van der Waals surface area contributed by atoms with Gasteiger partial charge in [0.05, 0.1) is 11.5 Å². The molecule has 2 N–H and O–H groups in total. The zero-order valence-corrected chi connectivity index (χ0v) is 16.9. The van der Waals surface area contributed by atoms with E-state index in [-0.39, 0.29) is 16.8 Å². The highest BCUT2D eigenvalue weighted by Crippen LogP contribution is 2.37. The quantitative estimate of drug-likeness (QED) is 0.759. The van der Waals surface area contributed by atoms with Crippen LogP contribution in [0.25, 0.3) is 0 Å². The summed E-state index contributed by atoms with van der Waals surface area (Å²) in [7, 11) is 3.91. The zero-order valence-electron chi connectivity index (χ0n) is 16.2. The maximum Gasteiger partial charge on any atom is 0.416 e. The number of hydrogen-bond donors (Lipinski definition) is 2. The molecule has 1 aliphatic rings. The lowest BCUT2D eigenvalue weighted by Crippen LogP contribution is -2.34. The summed E-state index contributed by atoms with van der Waals surface area (Å²) in [4.78, 5) is 14.7. The number of anilines is 1. The van der Waals surface area contributed by atoms with Gasteiger partial charge in [0, 0.05) is 50.4 Å². The fourth-order valence-electron chi connectivity index (χ4n) is 3.52. The van der Waals surface area contributed by atoms with Crippen LogP contribution in [0.3, 0.4) is 0 Å². The average Bonchev–Trinajstić information content (AvgIpc) is 3.15. The second-order valence-corrected chi connectivity index (χ2v) is 7.79. The average molecular weight is 426 g/mol. The Balaban J connectivity index is 1.68. The molecule has 3 rings (SSSR count). The topological polar surface area (TPSA) is 44.4 Å². The summed E-state index contributed by atoms with van der Waals surface area (Å²) < 4.78 is 38.6. The number of hydrogen-bond acceptors (Lipinski definition) is 3. The zero-order chi connectivity index (χ0) is 21.2. The minimum Gasteiger partial charge on any atom is -0.378 e. The van der Waals surface area contributed by atoms with Crippen molar-refractivity contribution in [1.29, 1.82) is 0 Å². The molecule has 0 saturated carbocycles. The van der Waals surface area contributed by atoms with Crippen molar-refractivity contribution in [2.24, 2.45) is 5.92 Å². The first kappa shape index (κ1) is 21.5. The molecule has 4 nitrogen and oxygen atoms in total. The molecule has 0 aliphatic carbocycles. The van der Waals surface area contributed by atoms with Crippen molar-refractivity contribution in [2.45, 2.75) is 18.6 Å². The molecule has 1 aliphatic heterocycles. The van der Waals surface area contributed by atoms with E-state index >= 15 is 0 Å². The molecule has 1 amide bonds. The van der Waals surface area contributed by atoms with Gasteiger partial charge in [-0.3, -0.25) is 4.79 Å². The van der Waals surface area contributed by atoms with Crippen molar-refractivity contribution in [1.82, 2.24) is 10.6 Å². The van der Waals surface area contributed by atoms with Crippen LogP contribution in [0, 0.1) is 5.92 Å². The van der Waals surface area contributed by atoms with Crippen LogP contribution in [-0.2, 0) is 17.5 Å². The number of alkyl halides is 3. The van der Waals surface area contributed by atoms with E-state index in [0.717, 1.165) is 23.4 Å². The Morgan fingerprint density at radius 2 is 1.86 bits per heavy atom. The van der Waals surface area contributed by atoms with Crippen molar-refractivity contribution < 1.29 is 18.0 Å². The first-order chi connectivity index (χ1) is 13.7. The molecule has 8 heteroatoms. The van der Waals surface area contributed by atoms with Crippen LogP contribution in [0.5, 0.6) is 0 Å². The third kappa shape index (κ3) is 5.03. The molecule has 0 bridgehead atoms. The molecule has 2 aromatic carbocycles. The molecule has 0 unspecified atom stereocenters. The van der Waals surface area contributed by atoms with Gasteiger partial charge in [0.1, 0.15) is 0 Å². The summed E-state index contributed by atoms with van der Waals surface area (Å²) in [6.45, 7) is 1.32. The van der Waals surface area contributed by atoms with Gasteiger partial charge in [-0.2, -0.15) is 13.2 Å². The van der Waals surface area contributed by atoms with Gasteiger partial charge in [0.25, 0.3) is 0 Å². The molecule has 1 saturated heterocycles. The first-order valence-corrected chi connectivity index (χ1v) is 9.66. The highest BCUT2D eigenvalue weighted by molar-refractivity contribution is 6.31. The highest BCUT2D eigenvalue weighted by Gasteiger charge is 2.36. The number of halogens is 4. The fraction of sp³-hybridized carbons (Fsp3) is 0.381. The summed E-state index contributed by atoms with van der Waals surface area (Å²) in [5.41, 5.74) is 1.80. The van der Waals surface area contributed by atoms with Gasteiger partial charge in [0.15, 0.2) is 0 Å². The largest absolute Gasteiger partial charge is 0.416 e. The second kappa shape index (κ2) is 8.63. The Morgan fingerprint density at radius 3 is 2.45 bits per heavy atom. The Kier molecular flexibility index (Phi) is 6.39. The third-order valence-corrected chi connectivity index (χ3v) is 5.53. The Bertz CT molecular complexity index is 868. The van der Waals surface area contributed by atoms with Gasteiger partial charge in [-0.15, -0.1) is 0 Å². The molecule has 156 valence electrons. The van der Waals surface area contributed by atoms with Crippen molar-refractivity contribution in [3.8, 4) is 0 Å². The minimum atomic E-state index is -4.45. The van der Waals surface area contributed by atoms with E-state index in [1.165, 1.54) is 6.07 Å². The summed E-state index contributed by atoms with van der Waals surface area (Å²) in [5.74, 6) is -0.821. The predicted molar refractivity (Wildman–Crippen MR) is 108 cm³/mol. The highest BCUT2D eigenvalue weighted by atomic mass is 35.5. The van der Waals surface area contributed by atoms with Crippen molar-refractivity contribution in [2.75, 3.05) is 32.1 Å². The van der Waals surface area contributed by atoms with Gasteiger partial charge in [-0.25, -0.2) is 0 Å². The lowest BCUT2D eigenvalue weighted by molar-refractivity contribution is -0.137. The van der Waals surface area contributed by atoms with E-state index < -0.39 is 17.7 Å². The van der Waals surface area contributed by atoms with E-state index in [2.05, 4.69) is 10.6 Å². The fourth-order valence-corrected chi connectivity index (χ4v) is 3.84. The van der Waals surface area contributed by atoms with Crippen LogP contribution in [0.15, 0.2) is 42.5 Å². The van der Waals surface area contributed by atoms with E-state index in [4.69, 9.17) is 11.6 Å². The van der Waals surface area contributed by atoms with Gasteiger partial charge >= 0.3 is 6.18 Å².